The van der Waals surface area contributed by atoms with Gasteiger partial charge in [-0.3, -0.25) is 0 Å². The molecule has 0 bridgehead atoms. The van der Waals surface area contributed by atoms with Gasteiger partial charge in [0, 0.05) is 5.71 Å². The first-order chi connectivity index (χ1) is 4.95. The van der Waals surface area contributed by atoms with Crippen LogP contribution in [-0.2, 0) is 0 Å². The summed E-state index contributed by atoms with van der Waals surface area (Å²) >= 11 is 0. The average molecular weight is 136 g/mol. The second kappa shape index (κ2) is 2.21. The number of hydrogen-bond donors (Lipinski definition) is 0. The Labute approximate surface area is 58.6 Å². The summed E-state index contributed by atoms with van der Waals surface area (Å²) in [5, 5.41) is 8.04. The van der Waals surface area contributed by atoms with Crippen molar-refractivity contribution in [3.63, 3.8) is 0 Å². The highest BCUT2D eigenvalue weighted by atomic mass is 15.5. The van der Waals surface area contributed by atoms with Crippen molar-refractivity contribution in [2.75, 3.05) is 0 Å². The van der Waals surface area contributed by atoms with Crippen molar-refractivity contribution in [3.8, 4) is 0 Å². The molecule has 1 heterocycles. The third kappa shape index (κ3) is 0.920. The zero-order valence-electron chi connectivity index (χ0n) is 5.56. The zero-order chi connectivity index (χ0) is 6.81. The Kier molecular flexibility index (Phi) is 1.23. The summed E-state index contributed by atoms with van der Waals surface area (Å²) < 4.78 is 0. The summed E-state index contributed by atoms with van der Waals surface area (Å²) in [6.07, 6.45) is 6.61. The molecule has 0 aliphatic heterocycles. The van der Waals surface area contributed by atoms with Crippen molar-refractivity contribution in [1.82, 2.24) is 14.9 Å². The Morgan fingerprint density at radius 1 is 1.50 bits per heavy atom. The molecular formula is C6H8N4. The van der Waals surface area contributed by atoms with Crippen molar-refractivity contribution in [2.45, 2.75) is 19.3 Å². The molecule has 0 unspecified atom stereocenters. The number of rotatable bonds is 1. The predicted octanol–water partition coefficient (Wildman–Crippen LogP) is 0.666. The van der Waals surface area contributed by atoms with Crippen LogP contribution in [0.4, 0.5) is 0 Å². The van der Waals surface area contributed by atoms with E-state index in [1.165, 1.54) is 23.3 Å². The van der Waals surface area contributed by atoms with Gasteiger partial charge in [0.15, 0.2) is 0 Å². The van der Waals surface area contributed by atoms with E-state index in [1.807, 2.05) is 0 Å². The summed E-state index contributed by atoms with van der Waals surface area (Å²) in [6.45, 7) is 0. The highest BCUT2D eigenvalue weighted by Crippen LogP contribution is 2.13. The predicted molar refractivity (Wildman–Crippen MR) is 36.7 cm³/mol. The van der Waals surface area contributed by atoms with Crippen LogP contribution in [0.3, 0.4) is 0 Å². The van der Waals surface area contributed by atoms with Gasteiger partial charge in [0.25, 0.3) is 0 Å². The molecule has 0 N–H and O–H groups in total. The SMILES string of the molecule is c1ncn(N=C2CCC2)n1. The van der Waals surface area contributed by atoms with Crippen molar-refractivity contribution >= 4 is 5.71 Å². The highest BCUT2D eigenvalue weighted by Gasteiger charge is 2.09. The average Bonchev–Trinajstić information content (AvgIpc) is 2.29. The van der Waals surface area contributed by atoms with Gasteiger partial charge in [0.1, 0.15) is 12.7 Å². The molecular weight excluding hydrogens is 128 g/mol. The second-order valence-corrected chi connectivity index (χ2v) is 2.34. The van der Waals surface area contributed by atoms with Gasteiger partial charge in [-0.05, 0) is 19.3 Å². The smallest absolute Gasteiger partial charge is 0.139 e. The molecule has 1 aromatic rings. The lowest BCUT2D eigenvalue weighted by molar-refractivity contribution is 0.695. The molecule has 1 aliphatic carbocycles. The molecule has 0 amide bonds. The van der Waals surface area contributed by atoms with Gasteiger partial charge in [-0.2, -0.15) is 5.10 Å². The molecule has 4 heteroatoms. The molecule has 0 atom stereocenters. The van der Waals surface area contributed by atoms with Crippen molar-refractivity contribution in [3.05, 3.63) is 12.7 Å². The zero-order valence-corrected chi connectivity index (χ0v) is 5.56. The molecule has 1 aromatic heterocycles. The van der Waals surface area contributed by atoms with Crippen LogP contribution < -0.4 is 0 Å². The van der Waals surface area contributed by atoms with Crippen LogP contribution in [-0.4, -0.2) is 20.6 Å². The summed E-state index contributed by atoms with van der Waals surface area (Å²) in [6, 6.07) is 0. The third-order valence-electron chi connectivity index (χ3n) is 1.58. The van der Waals surface area contributed by atoms with Gasteiger partial charge in [-0.25, -0.2) is 4.98 Å². The summed E-state index contributed by atoms with van der Waals surface area (Å²) in [5.74, 6) is 0. The van der Waals surface area contributed by atoms with Gasteiger partial charge in [0.05, 0.1) is 0 Å². The summed E-state index contributed by atoms with van der Waals surface area (Å²) in [5.41, 5.74) is 1.23. The van der Waals surface area contributed by atoms with Gasteiger partial charge in [-0.1, -0.05) is 0 Å². The first-order valence-electron chi connectivity index (χ1n) is 3.36. The van der Waals surface area contributed by atoms with E-state index >= 15 is 0 Å². The minimum absolute atomic E-state index is 1.12. The van der Waals surface area contributed by atoms with Crippen LogP contribution in [0, 0.1) is 0 Å². The molecule has 0 saturated heterocycles. The van der Waals surface area contributed by atoms with Gasteiger partial charge in [0.2, 0.25) is 0 Å². The third-order valence-corrected chi connectivity index (χ3v) is 1.58. The van der Waals surface area contributed by atoms with E-state index in [9.17, 15) is 0 Å². The van der Waals surface area contributed by atoms with Crippen LogP contribution in [0.5, 0.6) is 0 Å². The normalized spacial score (nSPS) is 16.6. The fraction of sp³-hybridized carbons (Fsp3) is 0.500. The molecule has 0 radical (unpaired) electrons. The molecule has 0 aromatic carbocycles. The minimum Gasteiger partial charge on any atom is -0.221 e. The largest absolute Gasteiger partial charge is 0.221 e. The Bertz CT molecular complexity index is 230. The van der Waals surface area contributed by atoms with Crippen molar-refractivity contribution < 1.29 is 0 Å². The lowest BCUT2D eigenvalue weighted by Crippen LogP contribution is -2.11. The highest BCUT2D eigenvalue weighted by molar-refractivity contribution is 5.88. The van der Waals surface area contributed by atoms with Crippen molar-refractivity contribution in [1.29, 1.82) is 0 Å². The van der Waals surface area contributed by atoms with Crippen LogP contribution in [0.25, 0.3) is 0 Å². The van der Waals surface area contributed by atoms with E-state index in [4.69, 9.17) is 0 Å². The van der Waals surface area contributed by atoms with E-state index in [0.29, 0.717) is 0 Å². The number of aromatic nitrogens is 3. The fourth-order valence-electron chi connectivity index (χ4n) is 0.833. The minimum atomic E-state index is 1.12. The summed E-state index contributed by atoms with van der Waals surface area (Å²) in [4.78, 5) is 5.29. The molecule has 1 saturated carbocycles. The standard InChI is InChI=1S/C6H8N4/c1-2-6(3-1)9-10-5-7-4-8-10/h4-5H,1-3H2. The lowest BCUT2D eigenvalue weighted by atomic mass is 9.98. The van der Waals surface area contributed by atoms with E-state index in [0.717, 1.165) is 12.8 Å². The number of hydrogen-bond acceptors (Lipinski definition) is 3. The van der Waals surface area contributed by atoms with E-state index < -0.39 is 0 Å². The Hall–Kier alpha value is -1.19. The molecule has 4 nitrogen and oxygen atoms in total. The van der Waals surface area contributed by atoms with Crippen LogP contribution >= 0.6 is 0 Å². The van der Waals surface area contributed by atoms with Crippen molar-refractivity contribution in [2.24, 2.45) is 5.10 Å². The quantitative estimate of drug-likeness (QED) is 0.569. The first kappa shape index (κ1) is 5.58. The lowest BCUT2D eigenvalue weighted by Gasteiger charge is -2.12. The van der Waals surface area contributed by atoms with Crippen LogP contribution in [0.2, 0.25) is 0 Å². The molecule has 0 spiro atoms. The van der Waals surface area contributed by atoms with E-state index in [1.54, 1.807) is 6.33 Å². The Morgan fingerprint density at radius 2 is 2.40 bits per heavy atom. The molecule has 52 valence electrons. The summed E-state index contributed by atoms with van der Waals surface area (Å²) in [7, 11) is 0. The molecule has 10 heavy (non-hydrogen) atoms. The molecule has 2 rings (SSSR count). The van der Waals surface area contributed by atoms with Gasteiger partial charge >= 0.3 is 0 Å². The molecule has 1 fully saturated rings. The topological polar surface area (TPSA) is 43.1 Å². The maximum atomic E-state index is 4.18. The maximum absolute atomic E-state index is 4.18. The number of nitrogens with zero attached hydrogens (tertiary/aromatic N) is 4. The monoisotopic (exact) mass is 136 g/mol. The van der Waals surface area contributed by atoms with Crippen LogP contribution in [0.1, 0.15) is 19.3 Å². The van der Waals surface area contributed by atoms with E-state index in [2.05, 4.69) is 15.2 Å². The van der Waals surface area contributed by atoms with E-state index in [-0.39, 0.29) is 0 Å². The maximum Gasteiger partial charge on any atom is 0.139 e. The Balaban J connectivity index is 2.15. The first-order valence-corrected chi connectivity index (χ1v) is 3.36. The molecule has 1 aliphatic rings. The Morgan fingerprint density at radius 3 is 2.90 bits per heavy atom. The second-order valence-electron chi connectivity index (χ2n) is 2.34. The van der Waals surface area contributed by atoms with Gasteiger partial charge in [-0.15, -0.1) is 9.89 Å². The fourth-order valence-corrected chi connectivity index (χ4v) is 0.833. The van der Waals surface area contributed by atoms with Crippen LogP contribution in [0.15, 0.2) is 17.8 Å². The van der Waals surface area contributed by atoms with Gasteiger partial charge < -0.3 is 0 Å².